The van der Waals surface area contributed by atoms with E-state index in [1.54, 1.807) is 30.3 Å². The van der Waals surface area contributed by atoms with E-state index in [1.807, 2.05) is 6.07 Å². The Morgan fingerprint density at radius 3 is 2.14 bits per heavy atom. The maximum atomic E-state index is 12.3. The van der Waals surface area contributed by atoms with Gasteiger partial charge in [-0.3, -0.25) is 9.59 Å². The number of nitrogens with zero attached hydrogens (tertiary/aromatic N) is 2. The Balaban J connectivity index is 1.56. The minimum atomic E-state index is -3.84. The number of hydrogen-bond donors (Lipinski definition) is 2. The molecule has 0 saturated carbocycles. The van der Waals surface area contributed by atoms with Crippen LogP contribution in [0.3, 0.4) is 0 Å². The Kier molecular flexibility index (Phi) is 6.30. The van der Waals surface area contributed by atoms with E-state index in [-0.39, 0.29) is 35.4 Å². The van der Waals surface area contributed by atoms with Crippen LogP contribution in [0, 0.1) is 0 Å². The number of carbonyl (C=O) groups is 2. The van der Waals surface area contributed by atoms with Gasteiger partial charge in [-0.25, -0.2) is 23.1 Å². The fraction of sp³-hybridized carbons (Fsp3) is 0.100. The van der Waals surface area contributed by atoms with Gasteiger partial charge in [-0.05, 0) is 30.3 Å². The van der Waals surface area contributed by atoms with Gasteiger partial charge in [0, 0.05) is 36.5 Å². The van der Waals surface area contributed by atoms with Crippen LogP contribution in [0.25, 0.3) is 0 Å². The monoisotopic (exact) mass is 410 g/mol. The summed E-state index contributed by atoms with van der Waals surface area (Å²) in [7, 11) is -3.84. The molecule has 0 atom stereocenters. The molecule has 148 valence electrons. The molecule has 8 nitrogen and oxygen atoms in total. The Hall–Kier alpha value is -3.59. The maximum absolute atomic E-state index is 12.3. The average Bonchev–Trinajstić information content (AvgIpc) is 2.73. The molecule has 1 aromatic heterocycles. The molecule has 0 fully saturated rings. The van der Waals surface area contributed by atoms with Crippen molar-refractivity contribution in [1.29, 1.82) is 0 Å². The lowest BCUT2D eigenvalue weighted by Gasteiger charge is -2.08. The molecule has 0 bridgehead atoms. The molecule has 1 amide bonds. The minimum Gasteiger partial charge on any atom is -0.326 e. The van der Waals surface area contributed by atoms with Gasteiger partial charge in [-0.15, -0.1) is 0 Å². The second kappa shape index (κ2) is 9.07. The van der Waals surface area contributed by atoms with Gasteiger partial charge in [0.2, 0.25) is 11.9 Å². The van der Waals surface area contributed by atoms with Crippen molar-refractivity contribution < 1.29 is 18.0 Å². The molecule has 3 aromatic rings. The Bertz CT molecular complexity index is 1090. The third kappa shape index (κ3) is 5.69. The molecular weight excluding hydrogens is 392 g/mol. The zero-order valence-corrected chi connectivity index (χ0v) is 16.1. The van der Waals surface area contributed by atoms with Gasteiger partial charge >= 0.3 is 0 Å². The predicted molar refractivity (Wildman–Crippen MR) is 108 cm³/mol. The van der Waals surface area contributed by atoms with Crippen molar-refractivity contribution in [3.8, 4) is 0 Å². The smallest absolute Gasteiger partial charge is 0.264 e. The highest BCUT2D eigenvalue weighted by Crippen LogP contribution is 2.17. The lowest BCUT2D eigenvalue weighted by molar-refractivity contribution is -0.116. The minimum absolute atomic E-state index is 0.00204. The van der Waals surface area contributed by atoms with Crippen LogP contribution in [0.5, 0.6) is 0 Å². The van der Waals surface area contributed by atoms with E-state index in [2.05, 4.69) is 20.0 Å². The topological polar surface area (TPSA) is 118 Å². The lowest BCUT2D eigenvalue weighted by atomic mass is 10.1. The van der Waals surface area contributed by atoms with Gasteiger partial charge in [0.15, 0.2) is 5.78 Å². The third-order valence-corrected chi connectivity index (χ3v) is 5.26. The number of benzene rings is 2. The van der Waals surface area contributed by atoms with E-state index in [0.29, 0.717) is 11.3 Å². The first-order chi connectivity index (χ1) is 13.9. The SMILES string of the molecule is O=C(CCC(=O)c1ccccc1)Nc1ccc(S(=O)(=O)Nc2ncccn2)cc1. The van der Waals surface area contributed by atoms with Crippen LogP contribution in [-0.4, -0.2) is 30.1 Å². The van der Waals surface area contributed by atoms with E-state index in [9.17, 15) is 18.0 Å². The maximum Gasteiger partial charge on any atom is 0.264 e. The zero-order chi connectivity index (χ0) is 20.7. The van der Waals surface area contributed by atoms with Gasteiger partial charge in [0.25, 0.3) is 10.0 Å². The fourth-order valence-electron chi connectivity index (χ4n) is 2.47. The summed E-state index contributed by atoms with van der Waals surface area (Å²) in [6, 6.07) is 16.0. The number of amides is 1. The van der Waals surface area contributed by atoms with Crippen LogP contribution in [0.1, 0.15) is 23.2 Å². The summed E-state index contributed by atoms with van der Waals surface area (Å²) < 4.78 is 26.9. The molecule has 9 heteroatoms. The number of anilines is 2. The Morgan fingerprint density at radius 1 is 0.828 bits per heavy atom. The molecule has 0 spiro atoms. The summed E-state index contributed by atoms with van der Waals surface area (Å²) >= 11 is 0. The number of rotatable bonds is 8. The van der Waals surface area contributed by atoms with Crippen molar-refractivity contribution in [3.05, 3.63) is 78.6 Å². The van der Waals surface area contributed by atoms with Crippen molar-refractivity contribution in [3.63, 3.8) is 0 Å². The highest BCUT2D eigenvalue weighted by atomic mass is 32.2. The second-order valence-corrected chi connectivity index (χ2v) is 7.72. The van der Waals surface area contributed by atoms with Gasteiger partial charge in [0.05, 0.1) is 4.90 Å². The van der Waals surface area contributed by atoms with Crippen LogP contribution >= 0.6 is 0 Å². The fourth-order valence-corrected chi connectivity index (χ4v) is 3.43. The molecule has 2 N–H and O–H groups in total. The number of aromatic nitrogens is 2. The number of sulfonamides is 1. The third-order valence-electron chi connectivity index (χ3n) is 3.91. The largest absolute Gasteiger partial charge is 0.326 e. The first-order valence-corrected chi connectivity index (χ1v) is 10.2. The molecular formula is C20H18N4O4S. The first kappa shape index (κ1) is 20.2. The number of nitrogens with one attached hydrogen (secondary N) is 2. The molecule has 0 unspecified atom stereocenters. The molecule has 0 saturated heterocycles. The molecule has 0 aliphatic rings. The van der Waals surface area contributed by atoms with Gasteiger partial charge in [-0.2, -0.15) is 0 Å². The Labute approximate surface area is 168 Å². The van der Waals surface area contributed by atoms with Crippen molar-refractivity contribution in [2.75, 3.05) is 10.0 Å². The van der Waals surface area contributed by atoms with E-state index in [0.717, 1.165) is 0 Å². The van der Waals surface area contributed by atoms with Gasteiger partial charge in [0.1, 0.15) is 0 Å². The molecule has 0 aliphatic heterocycles. The molecule has 2 aromatic carbocycles. The summed E-state index contributed by atoms with van der Waals surface area (Å²) in [5, 5.41) is 2.65. The standard InChI is InChI=1S/C20H18N4O4S/c25-18(15-5-2-1-3-6-15)11-12-19(26)23-16-7-9-17(10-8-16)29(27,28)24-20-21-13-4-14-22-20/h1-10,13-14H,11-12H2,(H,23,26)(H,21,22,24). The van der Waals surface area contributed by atoms with Crippen molar-refractivity contribution in [2.24, 2.45) is 0 Å². The van der Waals surface area contributed by atoms with E-state index in [1.165, 1.54) is 36.7 Å². The number of ketones is 1. The zero-order valence-electron chi connectivity index (χ0n) is 15.3. The number of hydrogen-bond acceptors (Lipinski definition) is 6. The molecule has 0 aliphatic carbocycles. The summed E-state index contributed by atoms with van der Waals surface area (Å²) in [6.07, 6.45) is 2.96. The van der Waals surface area contributed by atoms with E-state index >= 15 is 0 Å². The van der Waals surface area contributed by atoms with Crippen LogP contribution in [-0.2, 0) is 14.8 Å². The number of Topliss-reactive ketones (excluding diaryl/α,β-unsaturated/α-hetero) is 1. The van der Waals surface area contributed by atoms with E-state index < -0.39 is 10.0 Å². The summed E-state index contributed by atoms with van der Waals surface area (Å²) in [5.74, 6) is -0.481. The highest BCUT2D eigenvalue weighted by molar-refractivity contribution is 7.92. The first-order valence-electron chi connectivity index (χ1n) is 8.72. The summed E-state index contributed by atoms with van der Waals surface area (Å²) in [4.78, 5) is 31.7. The van der Waals surface area contributed by atoms with Crippen molar-refractivity contribution in [2.45, 2.75) is 17.7 Å². The second-order valence-electron chi connectivity index (χ2n) is 6.04. The molecule has 3 rings (SSSR count). The molecule has 0 radical (unpaired) electrons. The molecule has 1 heterocycles. The molecule has 29 heavy (non-hydrogen) atoms. The van der Waals surface area contributed by atoms with E-state index in [4.69, 9.17) is 0 Å². The average molecular weight is 410 g/mol. The van der Waals surface area contributed by atoms with Gasteiger partial charge in [-0.1, -0.05) is 30.3 Å². The van der Waals surface area contributed by atoms with Crippen LogP contribution < -0.4 is 10.0 Å². The predicted octanol–water partition coefficient (Wildman–Crippen LogP) is 2.88. The Morgan fingerprint density at radius 2 is 1.48 bits per heavy atom. The van der Waals surface area contributed by atoms with Crippen LogP contribution in [0.2, 0.25) is 0 Å². The lowest BCUT2D eigenvalue weighted by Crippen LogP contribution is -2.15. The summed E-state index contributed by atoms with van der Waals surface area (Å²) in [6.45, 7) is 0. The van der Waals surface area contributed by atoms with Gasteiger partial charge < -0.3 is 5.32 Å². The summed E-state index contributed by atoms with van der Waals surface area (Å²) in [5.41, 5.74) is 0.988. The van der Waals surface area contributed by atoms with Crippen molar-refractivity contribution >= 4 is 33.3 Å². The quantitative estimate of drug-likeness (QED) is 0.551. The number of carbonyl (C=O) groups excluding carboxylic acids is 2. The highest BCUT2D eigenvalue weighted by Gasteiger charge is 2.16. The van der Waals surface area contributed by atoms with Crippen LogP contribution in [0.4, 0.5) is 11.6 Å². The van der Waals surface area contributed by atoms with Crippen LogP contribution in [0.15, 0.2) is 78.0 Å². The normalized spacial score (nSPS) is 10.9. The van der Waals surface area contributed by atoms with Crippen molar-refractivity contribution in [1.82, 2.24) is 9.97 Å².